The number of halogens is 1. The van der Waals surface area contributed by atoms with Crippen molar-refractivity contribution in [3.05, 3.63) is 29.1 Å². The van der Waals surface area contributed by atoms with Gasteiger partial charge < -0.3 is 5.73 Å². The molecule has 2 N–H and O–H groups in total. The molecule has 16 heavy (non-hydrogen) atoms. The van der Waals surface area contributed by atoms with Crippen molar-refractivity contribution >= 4 is 5.69 Å². The molecule has 0 heterocycles. The molecule has 0 aliphatic heterocycles. The maximum atomic E-state index is 13.6. The Bertz CT molecular complexity index is 359. The molecule has 0 aliphatic rings. The summed E-state index contributed by atoms with van der Waals surface area (Å²) in [6.45, 7) is 12.3. The van der Waals surface area contributed by atoms with Gasteiger partial charge in [0.25, 0.3) is 0 Å². The van der Waals surface area contributed by atoms with E-state index in [0.717, 1.165) is 16.8 Å². The fourth-order valence-corrected chi connectivity index (χ4v) is 1.86. The first-order valence-corrected chi connectivity index (χ1v) is 5.63. The van der Waals surface area contributed by atoms with Gasteiger partial charge in [-0.15, -0.1) is 0 Å². The Morgan fingerprint density at radius 3 is 1.44 bits per heavy atom. The van der Waals surface area contributed by atoms with Crippen LogP contribution in [0.15, 0.2) is 12.1 Å². The van der Waals surface area contributed by atoms with Crippen molar-refractivity contribution in [1.29, 1.82) is 0 Å². The summed E-state index contributed by atoms with van der Waals surface area (Å²) in [5, 5.41) is 0. The van der Waals surface area contributed by atoms with Gasteiger partial charge in [-0.05, 0) is 34.1 Å². The quantitative estimate of drug-likeness (QED) is 0.661. The molecule has 0 fully saturated rings. The van der Waals surface area contributed by atoms with Crippen LogP contribution in [0.2, 0.25) is 0 Å². The van der Waals surface area contributed by atoms with Gasteiger partial charge in [-0.25, -0.2) is 4.39 Å². The van der Waals surface area contributed by atoms with Gasteiger partial charge in [-0.2, -0.15) is 0 Å². The molecular formula is C14H22FN. The molecule has 0 bridgehead atoms. The molecule has 0 amide bonds. The highest BCUT2D eigenvalue weighted by Gasteiger charge is 2.25. The molecule has 1 aromatic rings. The van der Waals surface area contributed by atoms with Crippen molar-refractivity contribution in [3.8, 4) is 0 Å². The van der Waals surface area contributed by atoms with Crippen molar-refractivity contribution in [3.63, 3.8) is 0 Å². The minimum absolute atomic E-state index is 0.133. The van der Waals surface area contributed by atoms with Crippen LogP contribution in [0, 0.1) is 5.82 Å². The van der Waals surface area contributed by atoms with Crippen molar-refractivity contribution < 1.29 is 4.39 Å². The lowest BCUT2D eigenvalue weighted by molar-refractivity contribution is 0.550. The summed E-state index contributed by atoms with van der Waals surface area (Å²) in [6, 6.07) is 3.09. The highest BCUT2D eigenvalue weighted by Crippen LogP contribution is 2.36. The van der Waals surface area contributed by atoms with Crippen LogP contribution in [0.5, 0.6) is 0 Å². The van der Waals surface area contributed by atoms with Gasteiger partial charge in [0.2, 0.25) is 0 Å². The van der Waals surface area contributed by atoms with Crippen molar-refractivity contribution in [1.82, 2.24) is 0 Å². The van der Waals surface area contributed by atoms with Crippen molar-refractivity contribution in [2.45, 2.75) is 52.4 Å². The zero-order valence-corrected chi connectivity index (χ0v) is 11.1. The van der Waals surface area contributed by atoms with Crippen LogP contribution in [-0.2, 0) is 10.8 Å². The second kappa shape index (κ2) is 3.76. The van der Waals surface area contributed by atoms with Gasteiger partial charge in [-0.1, -0.05) is 41.5 Å². The molecule has 0 unspecified atom stereocenters. The maximum Gasteiger partial charge on any atom is 0.123 e. The van der Waals surface area contributed by atoms with E-state index < -0.39 is 0 Å². The summed E-state index contributed by atoms with van der Waals surface area (Å²) in [4.78, 5) is 0. The highest BCUT2D eigenvalue weighted by atomic mass is 19.1. The number of hydrogen-bond donors (Lipinski definition) is 1. The van der Waals surface area contributed by atoms with Crippen molar-refractivity contribution in [2.24, 2.45) is 0 Å². The molecule has 1 rings (SSSR count). The Morgan fingerprint density at radius 1 is 0.875 bits per heavy atom. The lowest BCUT2D eigenvalue weighted by Gasteiger charge is -2.28. The summed E-state index contributed by atoms with van der Waals surface area (Å²) in [5.41, 5.74) is 8.39. The second-order valence-corrected chi connectivity index (χ2v) is 6.41. The third-order valence-corrected chi connectivity index (χ3v) is 2.76. The monoisotopic (exact) mass is 223 g/mol. The Hall–Kier alpha value is -1.05. The van der Waals surface area contributed by atoms with Crippen molar-refractivity contribution in [2.75, 3.05) is 5.73 Å². The van der Waals surface area contributed by atoms with Gasteiger partial charge in [0, 0.05) is 5.69 Å². The molecule has 1 aromatic carbocycles. The van der Waals surface area contributed by atoms with E-state index in [0.29, 0.717) is 0 Å². The smallest absolute Gasteiger partial charge is 0.123 e. The number of nitrogens with two attached hydrogens (primary N) is 1. The molecular weight excluding hydrogens is 201 g/mol. The number of anilines is 1. The molecule has 0 radical (unpaired) electrons. The predicted molar refractivity (Wildman–Crippen MR) is 68.2 cm³/mol. The third-order valence-electron chi connectivity index (χ3n) is 2.76. The van der Waals surface area contributed by atoms with Gasteiger partial charge in [0.05, 0.1) is 0 Å². The highest BCUT2D eigenvalue weighted by molar-refractivity contribution is 5.59. The SMILES string of the molecule is CC(C)(C)c1cc(F)cc(C(C)(C)C)c1N. The summed E-state index contributed by atoms with van der Waals surface area (Å²) in [6.07, 6.45) is 0. The lowest BCUT2D eigenvalue weighted by atomic mass is 9.79. The van der Waals surface area contributed by atoms with Crippen LogP contribution in [-0.4, -0.2) is 0 Å². The van der Waals surface area contributed by atoms with Gasteiger partial charge in [-0.3, -0.25) is 0 Å². The minimum atomic E-state index is -0.205. The Kier molecular flexibility index (Phi) is 3.06. The molecule has 2 heteroatoms. The lowest BCUT2D eigenvalue weighted by Crippen LogP contribution is -2.20. The van der Waals surface area contributed by atoms with Crippen LogP contribution in [0.25, 0.3) is 0 Å². The third kappa shape index (κ3) is 2.55. The molecule has 0 saturated heterocycles. The standard InChI is InChI=1S/C14H22FN/c1-13(2,3)10-7-9(15)8-11(12(10)16)14(4,5)6/h7-8H,16H2,1-6H3. The van der Waals surface area contributed by atoms with Crippen LogP contribution in [0.4, 0.5) is 10.1 Å². The van der Waals surface area contributed by atoms with E-state index in [9.17, 15) is 4.39 Å². The second-order valence-electron chi connectivity index (χ2n) is 6.41. The average Bonchev–Trinajstić information content (AvgIpc) is 2.04. The van der Waals surface area contributed by atoms with Crippen LogP contribution in [0.3, 0.4) is 0 Å². The fraction of sp³-hybridized carbons (Fsp3) is 0.571. The zero-order valence-electron chi connectivity index (χ0n) is 11.1. The average molecular weight is 223 g/mol. The van der Waals surface area contributed by atoms with Crippen LogP contribution >= 0.6 is 0 Å². The molecule has 1 nitrogen and oxygen atoms in total. The van der Waals surface area contributed by atoms with Gasteiger partial charge in [0.1, 0.15) is 5.82 Å². The summed E-state index contributed by atoms with van der Waals surface area (Å²) in [7, 11) is 0. The van der Waals surface area contributed by atoms with Crippen LogP contribution < -0.4 is 5.73 Å². The zero-order chi connectivity index (χ0) is 12.7. The van der Waals surface area contributed by atoms with Gasteiger partial charge >= 0.3 is 0 Å². The van der Waals surface area contributed by atoms with E-state index in [1.165, 1.54) is 0 Å². The number of benzene rings is 1. The number of nitrogen functional groups attached to an aromatic ring is 1. The summed E-state index contributed by atoms with van der Waals surface area (Å²) < 4.78 is 13.6. The normalized spacial score (nSPS) is 12.9. The maximum absolute atomic E-state index is 13.6. The van der Waals surface area contributed by atoms with E-state index in [1.807, 2.05) is 41.5 Å². The molecule has 0 atom stereocenters. The first-order chi connectivity index (χ1) is 7.03. The Morgan fingerprint density at radius 2 is 1.19 bits per heavy atom. The Labute approximate surface area is 97.9 Å². The molecule has 0 aliphatic carbocycles. The fourth-order valence-electron chi connectivity index (χ4n) is 1.86. The van der Waals surface area contributed by atoms with E-state index in [1.54, 1.807) is 12.1 Å². The molecule has 0 aromatic heterocycles. The summed E-state index contributed by atoms with van der Waals surface area (Å²) >= 11 is 0. The number of hydrogen-bond acceptors (Lipinski definition) is 1. The first kappa shape index (κ1) is 13.0. The minimum Gasteiger partial charge on any atom is -0.398 e. The van der Waals surface area contributed by atoms with Crippen LogP contribution in [0.1, 0.15) is 52.7 Å². The largest absolute Gasteiger partial charge is 0.398 e. The summed E-state index contributed by atoms with van der Waals surface area (Å²) in [5.74, 6) is -0.205. The molecule has 90 valence electrons. The van der Waals surface area contributed by atoms with E-state index in [-0.39, 0.29) is 16.6 Å². The number of rotatable bonds is 0. The molecule has 0 saturated carbocycles. The predicted octanol–water partition coefficient (Wildman–Crippen LogP) is 4.00. The molecule has 0 spiro atoms. The topological polar surface area (TPSA) is 26.0 Å². The van der Waals surface area contributed by atoms with E-state index >= 15 is 0 Å². The van der Waals surface area contributed by atoms with E-state index in [4.69, 9.17) is 5.73 Å². The van der Waals surface area contributed by atoms with E-state index in [2.05, 4.69) is 0 Å². The Balaban J connectivity index is 3.51. The first-order valence-electron chi connectivity index (χ1n) is 5.63. The van der Waals surface area contributed by atoms with Gasteiger partial charge in [0.15, 0.2) is 0 Å².